The lowest BCUT2D eigenvalue weighted by atomic mass is 9.98. The van der Waals surface area contributed by atoms with Gasteiger partial charge in [0, 0.05) is 50.6 Å². The van der Waals surface area contributed by atoms with Crippen LogP contribution in [0.4, 0.5) is 51.2 Å². The zero-order valence-electron chi connectivity index (χ0n) is 44.4. The Labute approximate surface area is 471 Å². The molecule has 0 N–H and O–H groups in total. The average molecular weight is 1030 g/mol. The van der Waals surface area contributed by atoms with Crippen LogP contribution in [-0.2, 0) is 0 Å². The van der Waals surface area contributed by atoms with Crippen molar-refractivity contribution >= 4 is 116 Å². The van der Waals surface area contributed by atoms with E-state index in [0.717, 1.165) is 51.2 Å². The minimum atomic E-state index is 1.09. The predicted molar refractivity (Wildman–Crippen MR) is 346 cm³/mol. The van der Waals surface area contributed by atoms with Crippen LogP contribution in [-0.4, -0.2) is 0 Å². The Balaban J connectivity index is 0.718. The minimum Gasteiger partial charge on any atom is -0.311 e. The molecule has 0 amide bonds. The van der Waals surface area contributed by atoms with Crippen molar-refractivity contribution in [1.82, 2.24) is 0 Å². The molecular weight excluding hydrogens is 979 g/mol. The summed E-state index contributed by atoms with van der Waals surface area (Å²) in [5.41, 5.74) is 14.8. The second kappa shape index (κ2) is 20.2. The molecule has 0 spiro atoms. The van der Waals surface area contributed by atoms with E-state index in [1.165, 1.54) is 86.9 Å². The van der Waals surface area contributed by atoms with Gasteiger partial charge >= 0.3 is 0 Å². The second-order valence-electron chi connectivity index (χ2n) is 20.9. The lowest BCUT2D eigenvalue weighted by Crippen LogP contribution is -2.10. The van der Waals surface area contributed by atoms with E-state index in [-0.39, 0.29) is 0 Å². The maximum Gasteiger partial charge on any atom is 0.0546 e. The molecule has 3 nitrogen and oxygen atoms in total. The number of benzene rings is 15. The summed E-state index contributed by atoms with van der Waals surface area (Å²) in [5, 5.41) is 14.7. The molecule has 0 radical (unpaired) electrons. The van der Waals surface area contributed by atoms with Crippen LogP contribution in [0.1, 0.15) is 0 Å². The summed E-state index contributed by atoms with van der Waals surface area (Å²) in [6, 6.07) is 117. The highest BCUT2D eigenvalue weighted by molar-refractivity contribution is 6.16. The molecule has 0 heterocycles. The SMILES string of the molecule is c1ccc(N(c2ccc(-c3ccc4cc(N(c5ccccc5)c5cc6ccccc6c6ccccc56)ccc4c3)cc2)c2ccc(-c3ccc4cc(N(c5ccccc5)c5cc6ccccc6c6ccccc56)ccc4c3)cc2)cc1. The molecule has 0 aliphatic rings. The molecule has 3 heteroatoms. The van der Waals surface area contributed by atoms with Crippen molar-refractivity contribution in [1.29, 1.82) is 0 Å². The monoisotopic (exact) mass is 1030 g/mol. The molecule has 0 saturated carbocycles. The van der Waals surface area contributed by atoms with Gasteiger partial charge in [0.2, 0.25) is 0 Å². The highest BCUT2D eigenvalue weighted by Crippen LogP contribution is 2.46. The maximum absolute atomic E-state index is 2.40. The molecule has 380 valence electrons. The molecule has 0 bridgehead atoms. The molecule has 15 aromatic carbocycles. The Bertz CT molecular complexity index is 4520. The molecule has 15 rings (SSSR count). The molecule has 0 fully saturated rings. The van der Waals surface area contributed by atoms with E-state index in [2.05, 4.69) is 336 Å². The summed E-state index contributed by atoms with van der Waals surface area (Å²) in [5.74, 6) is 0. The number of rotatable bonds is 11. The van der Waals surface area contributed by atoms with Crippen LogP contribution in [0.3, 0.4) is 0 Å². The van der Waals surface area contributed by atoms with Crippen molar-refractivity contribution < 1.29 is 0 Å². The Morgan fingerprint density at radius 3 is 0.840 bits per heavy atom. The number of hydrogen-bond donors (Lipinski definition) is 0. The molecule has 0 saturated heterocycles. The Morgan fingerprint density at radius 1 is 0.148 bits per heavy atom. The van der Waals surface area contributed by atoms with Gasteiger partial charge in [0.15, 0.2) is 0 Å². The summed E-state index contributed by atoms with van der Waals surface area (Å²) < 4.78 is 0. The first-order chi connectivity index (χ1) is 40.1. The fourth-order valence-corrected chi connectivity index (χ4v) is 12.2. The molecule has 81 heavy (non-hydrogen) atoms. The second-order valence-corrected chi connectivity index (χ2v) is 20.9. The number of nitrogens with zero attached hydrogens (tertiary/aromatic N) is 3. The van der Waals surface area contributed by atoms with Crippen molar-refractivity contribution in [3.8, 4) is 22.3 Å². The van der Waals surface area contributed by atoms with Crippen LogP contribution in [0, 0.1) is 0 Å². The zero-order valence-corrected chi connectivity index (χ0v) is 44.4. The molecular formula is C78H53N3. The van der Waals surface area contributed by atoms with Gasteiger partial charge < -0.3 is 14.7 Å². The summed E-state index contributed by atoms with van der Waals surface area (Å²) in [6.07, 6.45) is 0. The van der Waals surface area contributed by atoms with Gasteiger partial charge in [-0.05, 0) is 185 Å². The summed E-state index contributed by atoms with van der Waals surface area (Å²) in [7, 11) is 0. The van der Waals surface area contributed by atoms with Crippen molar-refractivity contribution in [2.24, 2.45) is 0 Å². The largest absolute Gasteiger partial charge is 0.311 e. The van der Waals surface area contributed by atoms with Gasteiger partial charge in [0.05, 0.1) is 11.4 Å². The van der Waals surface area contributed by atoms with Crippen LogP contribution in [0.15, 0.2) is 322 Å². The van der Waals surface area contributed by atoms with Crippen LogP contribution < -0.4 is 14.7 Å². The van der Waals surface area contributed by atoms with Gasteiger partial charge in [-0.25, -0.2) is 0 Å². The Hall–Kier alpha value is -10.7. The minimum absolute atomic E-state index is 1.09. The first kappa shape index (κ1) is 47.5. The topological polar surface area (TPSA) is 9.72 Å². The number of hydrogen-bond acceptors (Lipinski definition) is 3. The van der Waals surface area contributed by atoms with Crippen molar-refractivity contribution in [2.45, 2.75) is 0 Å². The molecule has 15 aromatic rings. The zero-order chi connectivity index (χ0) is 53.6. The van der Waals surface area contributed by atoms with E-state index in [1.807, 2.05) is 0 Å². The lowest BCUT2D eigenvalue weighted by molar-refractivity contribution is 1.28. The van der Waals surface area contributed by atoms with E-state index in [0.29, 0.717) is 0 Å². The number of fused-ring (bicyclic) bond motifs is 8. The van der Waals surface area contributed by atoms with E-state index in [1.54, 1.807) is 0 Å². The standard InChI is InChI=1S/C78H53N3/c1-4-20-64(21-5-1)79(67-42-36-54(37-43-67)56-32-34-60-50-69(46-40-58(60)48-56)80(65-22-6-2-7-23-65)77-52-62-18-10-12-26-71(62)73-28-14-16-30-75(73)77)68-44-38-55(39-45-68)57-33-35-61-51-70(47-41-59(61)49-57)81(66-24-8-3-9-25-66)78-53-63-19-11-13-27-72(63)74-29-15-17-31-76(74)78/h1-53H. The van der Waals surface area contributed by atoms with E-state index in [9.17, 15) is 0 Å². The Kier molecular flexibility index (Phi) is 11.9. The van der Waals surface area contributed by atoms with E-state index < -0.39 is 0 Å². The molecule has 0 aliphatic heterocycles. The van der Waals surface area contributed by atoms with Gasteiger partial charge in [-0.1, -0.05) is 212 Å². The molecule has 0 unspecified atom stereocenters. The fraction of sp³-hybridized carbons (Fsp3) is 0. The first-order valence-corrected chi connectivity index (χ1v) is 27.8. The van der Waals surface area contributed by atoms with Gasteiger partial charge in [0.1, 0.15) is 0 Å². The highest BCUT2D eigenvalue weighted by atomic mass is 15.2. The van der Waals surface area contributed by atoms with Crippen LogP contribution in [0.25, 0.3) is 86.9 Å². The highest BCUT2D eigenvalue weighted by Gasteiger charge is 2.21. The maximum atomic E-state index is 2.40. The third-order valence-electron chi connectivity index (χ3n) is 16.1. The number of para-hydroxylation sites is 3. The van der Waals surface area contributed by atoms with Gasteiger partial charge in [-0.3, -0.25) is 0 Å². The lowest BCUT2D eigenvalue weighted by Gasteiger charge is -2.28. The smallest absolute Gasteiger partial charge is 0.0546 e. The first-order valence-electron chi connectivity index (χ1n) is 27.8. The normalized spacial score (nSPS) is 11.5. The van der Waals surface area contributed by atoms with Crippen LogP contribution in [0.2, 0.25) is 0 Å². The summed E-state index contributed by atoms with van der Waals surface area (Å²) in [6.45, 7) is 0. The fourth-order valence-electron chi connectivity index (χ4n) is 12.2. The predicted octanol–water partition coefficient (Wildman–Crippen LogP) is 22.3. The summed E-state index contributed by atoms with van der Waals surface area (Å²) >= 11 is 0. The third kappa shape index (κ3) is 8.75. The van der Waals surface area contributed by atoms with Crippen molar-refractivity contribution in [2.75, 3.05) is 14.7 Å². The van der Waals surface area contributed by atoms with E-state index in [4.69, 9.17) is 0 Å². The summed E-state index contributed by atoms with van der Waals surface area (Å²) in [4.78, 5) is 7.15. The molecule has 0 aliphatic carbocycles. The van der Waals surface area contributed by atoms with Crippen molar-refractivity contribution in [3.63, 3.8) is 0 Å². The van der Waals surface area contributed by atoms with Gasteiger partial charge in [-0.2, -0.15) is 0 Å². The Morgan fingerprint density at radius 2 is 0.432 bits per heavy atom. The van der Waals surface area contributed by atoms with Crippen molar-refractivity contribution in [3.05, 3.63) is 322 Å². The van der Waals surface area contributed by atoms with E-state index >= 15 is 0 Å². The van der Waals surface area contributed by atoms with Crippen LogP contribution >= 0.6 is 0 Å². The molecule has 0 atom stereocenters. The third-order valence-corrected chi connectivity index (χ3v) is 16.1. The average Bonchev–Trinajstić information content (AvgIpc) is 3.73. The number of anilines is 9. The van der Waals surface area contributed by atoms with Crippen LogP contribution in [0.5, 0.6) is 0 Å². The quantitative estimate of drug-likeness (QED) is 0.120. The van der Waals surface area contributed by atoms with Gasteiger partial charge in [0.25, 0.3) is 0 Å². The molecule has 0 aromatic heterocycles. The van der Waals surface area contributed by atoms with Gasteiger partial charge in [-0.15, -0.1) is 0 Å².